The standard InChI is InChI=1S/C17H22N2S/c1-12(2)20-15-11-19(17(15,3)4)16-9-13-7-5-6-8-14(13)10-18-16/h5-10,12,15H,11H2,1-4H3/t15-/m0/s1. The van der Waals surface area contributed by atoms with Crippen molar-refractivity contribution in [1.29, 1.82) is 0 Å². The molecule has 0 unspecified atom stereocenters. The van der Waals surface area contributed by atoms with Crippen molar-refractivity contribution >= 4 is 28.4 Å². The predicted molar refractivity (Wildman–Crippen MR) is 89.7 cm³/mol. The molecule has 20 heavy (non-hydrogen) atoms. The third kappa shape index (κ3) is 2.28. The first-order valence-corrected chi connectivity index (χ1v) is 8.20. The number of anilines is 1. The maximum atomic E-state index is 4.65. The van der Waals surface area contributed by atoms with Crippen molar-refractivity contribution < 1.29 is 0 Å². The molecule has 2 nitrogen and oxygen atoms in total. The SMILES string of the molecule is CC(C)S[C@H]1CN(c2cc3ccccc3cn2)C1(C)C. The number of pyridine rings is 1. The van der Waals surface area contributed by atoms with Gasteiger partial charge < -0.3 is 4.90 Å². The lowest BCUT2D eigenvalue weighted by molar-refractivity contribution is 0.343. The van der Waals surface area contributed by atoms with Crippen molar-refractivity contribution in [2.75, 3.05) is 11.4 Å². The fourth-order valence-electron chi connectivity index (χ4n) is 2.83. The average molecular weight is 286 g/mol. The highest BCUT2D eigenvalue weighted by Crippen LogP contribution is 2.43. The third-order valence-corrected chi connectivity index (χ3v) is 5.76. The van der Waals surface area contributed by atoms with Crippen LogP contribution < -0.4 is 4.90 Å². The van der Waals surface area contributed by atoms with E-state index in [9.17, 15) is 0 Å². The van der Waals surface area contributed by atoms with Crippen LogP contribution in [-0.2, 0) is 0 Å². The van der Waals surface area contributed by atoms with Crippen LogP contribution in [0.25, 0.3) is 10.8 Å². The molecule has 0 spiro atoms. The monoisotopic (exact) mass is 286 g/mol. The van der Waals surface area contributed by atoms with Crippen molar-refractivity contribution in [3.05, 3.63) is 36.5 Å². The molecule has 1 saturated heterocycles. The quantitative estimate of drug-likeness (QED) is 0.835. The lowest BCUT2D eigenvalue weighted by atomic mass is 9.88. The molecular weight excluding hydrogens is 264 g/mol. The molecule has 2 heterocycles. The van der Waals surface area contributed by atoms with Gasteiger partial charge in [0.15, 0.2) is 0 Å². The Morgan fingerprint density at radius 1 is 1.25 bits per heavy atom. The minimum absolute atomic E-state index is 0.185. The number of hydrogen-bond acceptors (Lipinski definition) is 3. The van der Waals surface area contributed by atoms with Crippen LogP contribution in [0.15, 0.2) is 36.5 Å². The zero-order valence-electron chi connectivity index (χ0n) is 12.6. The summed E-state index contributed by atoms with van der Waals surface area (Å²) in [5, 5.41) is 3.86. The summed E-state index contributed by atoms with van der Waals surface area (Å²) in [5.41, 5.74) is 0.185. The Bertz CT molecular complexity index is 621. The van der Waals surface area contributed by atoms with Gasteiger partial charge in [-0.05, 0) is 30.6 Å². The Kier molecular flexibility index (Phi) is 3.41. The number of fused-ring (bicyclic) bond motifs is 1. The topological polar surface area (TPSA) is 16.1 Å². The fraction of sp³-hybridized carbons (Fsp3) is 0.471. The van der Waals surface area contributed by atoms with E-state index in [1.54, 1.807) is 0 Å². The van der Waals surface area contributed by atoms with Crippen LogP contribution in [0.1, 0.15) is 27.7 Å². The molecule has 1 aromatic heterocycles. The molecule has 106 valence electrons. The Labute approximate surface area is 125 Å². The molecule has 0 aliphatic carbocycles. The number of benzene rings is 1. The summed E-state index contributed by atoms with van der Waals surface area (Å²) < 4.78 is 0. The van der Waals surface area contributed by atoms with Gasteiger partial charge in [0, 0.05) is 28.9 Å². The van der Waals surface area contributed by atoms with Gasteiger partial charge in [-0.2, -0.15) is 11.8 Å². The third-order valence-electron chi connectivity index (χ3n) is 4.16. The fourth-order valence-corrected chi connectivity index (χ4v) is 4.18. The summed E-state index contributed by atoms with van der Waals surface area (Å²) >= 11 is 2.08. The minimum atomic E-state index is 0.185. The van der Waals surface area contributed by atoms with E-state index in [0.717, 1.165) is 12.4 Å². The zero-order valence-corrected chi connectivity index (χ0v) is 13.4. The Balaban J connectivity index is 1.86. The van der Waals surface area contributed by atoms with Crippen LogP contribution in [0, 0.1) is 0 Å². The second-order valence-electron chi connectivity index (χ2n) is 6.33. The van der Waals surface area contributed by atoms with Gasteiger partial charge in [-0.1, -0.05) is 38.1 Å². The van der Waals surface area contributed by atoms with Crippen molar-refractivity contribution in [3.63, 3.8) is 0 Å². The maximum absolute atomic E-state index is 4.65. The molecule has 1 aromatic carbocycles. The minimum Gasteiger partial charge on any atom is -0.349 e. The van der Waals surface area contributed by atoms with Gasteiger partial charge in [-0.25, -0.2) is 4.98 Å². The summed E-state index contributed by atoms with van der Waals surface area (Å²) in [4.78, 5) is 7.08. The number of aromatic nitrogens is 1. The first kappa shape index (κ1) is 13.7. The summed E-state index contributed by atoms with van der Waals surface area (Å²) in [5.74, 6) is 1.11. The highest BCUT2D eigenvalue weighted by molar-refractivity contribution is 8.00. The van der Waals surface area contributed by atoms with E-state index in [2.05, 4.69) is 79.7 Å². The van der Waals surface area contributed by atoms with Crippen molar-refractivity contribution in [3.8, 4) is 0 Å². The Morgan fingerprint density at radius 3 is 2.60 bits per heavy atom. The second kappa shape index (κ2) is 4.96. The first-order valence-electron chi connectivity index (χ1n) is 7.26. The molecule has 1 aliphatic rings. The molecule has 0 saturated carbocycles. The van der Waals surface area contributed by atoms with Crippen LogP contribution in [0.4, 0.5) is 5.82 Å². The predicted octanol–water partition coefficient (Wildman–Crippen LogP) is 4.34. The van der Waals surface area contributed by atoms with Crippen LogP contribution in [0.3, 0.4) is 0 Å². The number of thioether (sulfide) groups is 1. The second-order valence-corrected chi connectivity index (χ2v) is 8.11. The molecule has 3 heteroatoms. The molecule has 0 bridgehead atoms. The Morgan fingerprint density at radius 2 is 1.95 bits per heavy atom. The van der Waals surface area contributed by atoms with Gasteiger partial charge in [0.25, 0.3) is 0 Å². The molecule has 1 atom stereocenters. The smallest absolute Gasteiger partial charge is 0.129 e. The summed E-state index contributed by atoms with van der Waals surface area (Å²) in [6.07, 6.45) is 1.99. The number of nitrogens with zero attached hydrogens (tertiary/aromatic N) is 2. The normalized spacial score (nSPS) is 21.2. The van der Waals surface area contributed by atoms with E-state index >= 15 is 0 Å². The van der Waals surface area contributed by atoms with Crippen molar-refractivity contribution in [2.45, 2.75) is 43.7 Å². The summed E-state index contributed by atoms with van der Waals surface area (Å²) in [7, 11) is 0. The van der Waals surface area contributed by atoms with E-state index in [1.165, 1.54) is 10.8 Å². The number of hydrogen-bond donors (Lipinski definition) is 0. The van der Waals surface area contributed by atoms with Crippen LogP contribution in [0.2, 0.25) is 0 Å². The molecule has 0 radical (unpaired) electrons. The molecule has 1 fully saturated rings. The van der Waals surface area contributed by atoms with Gasteiger partial charge in [0.05, 0.1) is 0 Å². The summed E-state index contributed by atoms with van der Waals surface area (Å²) in [6.45, 7) is 10.3. The summed E-state index contributed by atoms with van der Waals surface area (Å²) in [6, 6.07) is 10.6. The van der Waals surface area contributed by atoms with E-state index in [1.807, 2.05) is 6.20 Å². The Hall–Kier alpha value is -1.22. The number of rotatable bonds is 3. The van der Waals surface area contributed by atoms with Crippen LogP contribution in [0.5, 0.6) is 0 Å². The highest BCUT2D eigenvalue weighted by atomic mass is 32.2. The van der Waals surface area contributed by atoms with E-state index in [4.69, 9.17) is 0 Å². The van der Waals surface area contributed by atoms with Gasteiger partial charge in [0.2, 0.25) is 0 Å². The van der Waals surface area contributed by atoms with Crippen molar-refractivity contribution in [1.82, 2.24) is 4.98 Å². The van der Waals surface area contributed by atoms with E-state index < -0.39 is 0 Å². The zero-order chi connectivity index (χ0) is 14.3. The van der Waals surface area contributed by atoms with E-state index in [-0.39, 0.29) is 5.54 Å². The largest absolute Gasteiger partial charge is 0.349 e. The molecule has 1 aliphatic heterocycles. The van der Waals surface area contributed by atoms with Crippen LogP contribution >= 0.6 is 11.8 Å². The van der Waals surface area contributed by atoms with Gasteiger partial charge in [-0.15, -0.1) is 0 Å². The average Bonchev–Trinajstić information content (AvgIpc) is 2.42. The van der Waals surface area contributed by atoms with Crippen LogP contribution in [-0.4, -0.2) is 27.6 Å². The lowest BCUT2D eigenvalue weighted by Gasteiger charge is -2.56. The lowest BCUT2D eigenvalue weighted by Crippen LogP contribution is -2.67. The van der Waals surface area contributed by atoms with E-state index in [0.29, 0.717) is 10.5 Å². The van der Waals surface area contributed by atoms with Crippen molar-refractivity contribution in [2.24, 2.45) is 0 Å². The molecule has 2 aromatic rings. The maximum Gasteiger partial charge on any atom is 0.129 e. The molecular formula is C17H22N2S. The van der Waals surface area contributed by atoms with Gasteiger partial charge in [-0.3, -0.25) is 0 Å². The van der Waals surface area contributed by atoms with Gasteiger partial charge in [0.1, 0.15) is 5.82 Å². The highest BCUT2D eigenvalue weighted by Gasteiger charge is 2.47. The molecule has 3 rings (SSSR count). The molecule has 0 amide bonds. The van der Waals surface area contributed by atoms with Gasteiger partial charge >= 0.3 is 0 Å². The molecule has 0 N–H and O–H groups in total. The first-order chi connectivity index (χ1) is 9.48.